The van der Waals surface area contributed by atoms with Crippen LogP contribution in [0.5, 0.6) is 0 Å². The standard InChI is InChI=1S/C28H42N4O4S/c1-8-10-17-29-28(34)25(9-2)31(19-24-15-12-21(3)13-16-24)27(33)20-32(37(35,36)30(6)7)26-18-22(4)11-14-23(26)5/h11-16,18,25H,8-10,17,19-20H2,1-7H3,(H,29,34). The monoisotopic (exact) mass is 530 g/mol. The highest BCUT2D eigenvalue weighted by molar-refractivity contribution is 7.90. The number of aryl methyl sites for hydroxylation is 3. The molecule has 9 heteroatoms. The third-order valence-electron chi connectivity index (χ3n) is 6.34. The van der Waals surface area contributed by atoms with Crippen molar-refractivity contribution < 1.29 is 18.0 Å². The summed E-state index contributed by atoms with van der Waals surface area (Å²) in [5, 5.41) is 2.94. The number of carbonyl (C=O) groups is 2. The van der Waals surface area contributed by atoms with Crippen LogP contribution in [0.4, 0.5) is 5.69 Å². The fourth-order valence-electron chi connectivity index (χ4n) is 4.01. The summed E-state index contributed by atoms with van der Waals surface area (Å²) in [5.74, 6) is -0.672. The van der Waals surface area contributed by atoms with Gasteiger partial charge in [0.05, 0.1) is 5.69 Å². The Bertz CT molecular complexity index is 1160. The first-order valence-corrected chi connectivity index (χ1v) is 14.2. The minimum absolute atomic E-state index is 0.196. The Morgan fingerprint density at radius 3 is 2.14 bits per heavy atom. The summed E-state index contributed by atoms with van der Waals surface area (Å²) in [4.78, 5) is 28.6. The van der Waals surface area contributed by atoms with Gasteiger partial charge in [-0.05, 0) is 56.4 Å². The quantitative estimate of drug-likeness (QED) is 0.397. The molecule has 1 atom stereocenters. The molecule has 0 bridgehead atoms. The molecular formula is C28H42N4O4S. The maximum atomic E-state index is 13.9. The maximum Gasteiger partial charge on any atom is 0.304 e. The second kappa shape index (κ2) is 13.6. The fourth-order valence-corrected chi connectivity index (χ4v) is 5.12. The molecule has 0 spiro atoms. The first-order chi connectivity index (χ1) is 17.4. The van der Waals surface area contributed by atoms with Crippen molar-refractivity contribution >= 4 is 27.7 Å². The predicted octanol–water partition coefficient (Wildman–Crippen LogP) is 3.95. The van der Waals surface area contributed by atoms with Crippen LogP contribution in [0.2, 0.25) is 0 Å². The van der Waals surface area contributed by atoms with Crippen LogP contribution >= 0.6 is 0 Å². The Balaban J connectivity index is 2.51. The molecule has 2 aromatic carbocycles. The van der Waals surface area contributed by atoms with E-state index in [2.05, 4.69) is 5.32 Å². The van der Waals surface area contributed by atoms with Crippen molar-refractivity contribution in [3.05, 3.63) is 64.7 Å². The van der Waals surface area contributed by atoms with E-state index < -0.39 is 28.7 Å². The van der Waals surface area contributed by atoms with Gasteiger partial charge in [-0.2, -0.15) is 12.7 Å². The molecule has 0 radical (unpaired) electrons. The van der Waals surface area contributed by atoms with Crippen molar-refractivity contribution in [2.45, 2.75) is 66.5 Å². The average Bonchev–Trinajstić information content (AvgIpc) is 2.85. The Kier molecular flexibility index (Phi) is 11.1. The van der Waals surface area contributed by atoms with Gasteiger partial charge in [-0.1, -0.05) is 62.2 Å². The van der Waals surface area contributed by atoms with Crippen LogP contribution in [-0.4, -0.2) is 62.7 Å². The van der Waals surface area contributed by atoms with Crippen LogP contribution in [0.1, 0.15) is 55.4 Å². The normalized spacial score (nSPS) is 12.3. The first-order valence-electron chi connectivity index (χ1n) is 12.8. The number of anilines is 1. The molecule has 204 valence electrons. The molecule has 0 aliphatic rings. The Morgan fingerprint density at radius 2 is 1.57 bits per heavy atom. The van der Waals surface area contributed by atoms with Gasteiger partial charge in [0, 0.05) is 27.2 Å². The minimum atomic E-state index is -3.99. The van der Waals surface area contributed by atoms with Crippen LogP contribution in [0.15, 0.2) is 42.5 Å². The molecule has 37 heavy (non-hydrogen) atoms. The van der Waals surface area contributed by atoms with Gasteiger partial charge in [-0.25, -0.2) is 4.31 Å². The molecular weight excluding hydrogens is 488 g/mol. The second-order valence-corrected chi connectivity index (χ2v) is 11.7. The average molecular weight is 531 g/mol. The fraction of sp³-hybridized carbons (Fsp3) is 0.500. The lowest BCUT2D eigenvalue weighted by Crippen LogP contribution is -2.53. The van der Waals surface area contributed by atoms with Crippen LogP contribution < -0.4 is 9.62 Å². The number of benzene rings is 2. The molecule has 0 heterocycles. The zero-order chi connectivity index (χ0) is 27.8. The number of amides is 2. The summed E-state index contributed by atoms with van der Waals surface area (Å²) in [6.45, 7) is 9.89. The van der Waals surface area contributed by atoms with Gasteiger partial charge in [0.2, 0.25) is 11.8 Å². The van der Waals surface area contributed by atoms with Crippen molar-refractivity contribution in [2.24, 2.45) is 0 Å². The van der Waals surface area contributed by atoms with E-state index in [0.717, 1.165) is 43.7 Å². The summed E-state index contributed by atoms with van der Waals surface area (Å²) in [6, 6.07) is 12.5. The van der Waals surface area contributed by atoms with E-state index in [1.54, 1.807) is 6.07 Å². The van der Waals surface area contributed by atoms with E-state index in [1.165, 1.54) is 19.0 Å². The summed E-state index contributed by atoms with van der Waals surface area (Å²) in [7, 11) is -1.10. The molecule has 8 nitrogen and oxygen atoms in total. The molecule has 1 unspecified atom stereocenters. The van der Waals surface area contributed by atoms with Crippen molar-refractivity contribution in [2.75, 3.05) is 31.5 Å². The number of hydrogen-bond donors (Lipinski definition) is 1. The zero-order valence-corrected chi connectivity index (χ0v) is 24.1. The minimum Gasteiger partial charge on any atom is -0.354 e. The van der Waals surface area contributed by atoms with Crippen LogP contribution in [-0.2, 0) is 26.3 Å². The Morgan fingerprint density at radius 1 is 0.946 bits per heavy atom. The van der Waals surface area contributed by atoms with E-state index in [1.807, 2.05) is 71.0 Å². The molecule has 0 saturated heterocycles. The molecule has 0 aromatic heterocycles. The molecule has 2 aromatic rings. The lowest BCUT2D eigenvalue weighted by atomic mass is 10.1. The van der Waals surface area contributed by atoms with Crippen molar-refractivity contribution in [3.8, 4) is 0 Å². The highest BCUT2D eigenvalue weighted by Crippen LogP contribution is 2.26. The highest BCUT2D eigenvalue weighted by atomic mass is 32.2. The first kappa shape index (κ1) is 30.3. The van der Waals surface area contributed by atoms with Crippen LogP contribution in [0, 0.1) is 20.8 Å². The zero-order valence-electron chi connectivity index (χ0n) is 23.2. The lowest BCUT2D eigenvalue weighted by molar-refractivity contribution is -0.140. The van der Waals surface area contributed by atoms with E-state index in [0.29, 0.717) is 18.7 Å². The summed E-state index contributed by atoms with van der Waals surface area (Å²) < 4.78 is 29.0. The molecule has 2 rings (SSSR count). The molecule has 0 aliphatic carbocycles. The SMILES string of the molecule is CCCCNC(=O)C(CC)N(Cc1ccc(C)cc1)C(=O)CN(c1cc(C)ccc1C)S(=O)(=O)N(C)C. The van der Waals surface area contributed by atoms with Gasteiger partial charge >= 0.3 is 10.2 Å². The third kappa shape index (κ3) is 8.04. The number of unbranched alkanes of at least 4 members (excludes halogenated alkanes) is 1. The molecule has 0 saturated carbocycles. The van der Waals surface area contributed by atoms with Gasteiger partial charge in [0.1, 0.15) is 12.6 Å². The number of nitrogens with zero attached hydrogens (tertiary/aromatic N) is 3. The lowest BCUT2D eigenvalue weighted by Gasteiger charge is -2.34. The van der Waals surface area contributed by atoms with E-state index in [9.17, 15) is 18.0 Å². The van der Waals surface area contributed by atoms with E-state index >= 15 is 0 Å². The number of rotatable bonds is 13. The van der Waals surface area contributed by atoms with Crippen LogP contribution in [0.25, 0.3) is 0 Å². The van der Waals surface area contributed by atoms with E-state index in [-0.39, 0.29) is 12.5 Å². The number of nitrogens with one attached hydrogen (secondary N) is 1. The molecule has 0 fully saturated rings. The van der Waals surface area contributed by atoms with Crippen molar-refractivity contribution in [1.29, 1.82) is 0 Å². The summed E-state index contributed by atoms with van der Waals surface area (Å²) in [5.41, 5.74) is 4.01. The van der Waals surface area contributed by atoms with Gasteiger partial charge in [0.15, 0.2) is 0 Å². The number of carbonyl (C=O) groups excluding carboxylic acids is 2. The topological polar surface area (TPSA) is 90.0 Å². The molecule has 0 aliphatic heterocycles. The number of hydrogen-bond acceptors (Lipinski definition) is 4. The second-order valence-electron chi connectivity index (χ2n) is 9.66. The van der Waals surface area contributed by atoms with Gasteiger partial charge in [0.25, 0.3) is 0 Å². The highest BCUT2D eigenvalue weighted by Gasteiger charge is 2.34. The maximum absolute atomic E-state index is 13.9. The Labute approximate surface area is 222 Å². The summed E-state index contributed by atoms with van der Waals surface area (Å²) in [6.07, 6.45) is 2.19. The van der Waals surface area contributed by atoms with Gasteiger partial charge in [-0.3, -0.25) is 9.59 Å². The van der Waals surface area contributed by atoms with Crippen molar-refractivity contribution in [3.63, 3.8) is 0 Å². The van der Waals surface area contributed by atoms with Crippen LogP contribution in [0.3, 0.4) is 0 Å². The largest absolute Gasteiger partial charge is 0.354 e. The summed E-state index contributed by atoms with van der Waals surface area (Å²) >= 11 is 0. The van der Waals surface area contributed by atoms with E-state index in [4.69, 9.17) is 0 Å². The predicted molar refractivity (Wildman–Crippen MR) is 150 cm³/mol. The third-order valence-corrected chi connectivity index (χ3v) is 8.15. The van der Waals surface area contributed by atoms with Gasteiger partial charge < -0.3 is 10.2 Å². The molecule has 2 amide bonds. The smallest absolute Gasteiger partial charge is 0.304 e. The van der Waals surface area contributed by atoms with Crippen molar-refractivity contribution in [1.82, 2.24) is 14.5 Å². The molecule has 1 N–H and O–H groups in total. The van der Waals surface area contributed by atoms with Gasteiger partial charge in [-0.15, -0.1) is 0 Å². The Hall–Kier alpha value is -2.91.